The number of aromatic amines is 1. The SMILES string of the molecule is O=c1[nH]c(N[N+](=O)[O-])ncc1Cc1ccccc1. The molecule has 18 heavy (non-hydrogen) atoms. The molecule has 0 aliphatic carbocycles. The van der Waals surface area contributed by atoms with E-state index in [0.717, 1.165) is 5.56 Å². The second kappa shape index (κ2) is 5.09. The van der Waals surface area contributed by atoms with Gasteiger partial charge in [0.2, 0.25) is 0 Å². The Morgan fingerprint density at radius 3 is 2.67 bits per heavy atom. The molecule has 2 N–H and O–H groups in total. The molecule has 0 aliphatic rings. The van der Waals surface area contributed by atoms with Gasteiger partial charge in [0, 0.05) is 18.2 Å². The first kappa shape index (κ1) is 11.8. The summed E-state index contributed by atoms with van der Waals surface area (Å²) in [7, 11) is 0. The number of benzene rings is 1. The van der Waals surface area contributed by atoms with Crippen LogP contribution in [0.3, 0.4) is 0 Å². The normalized spacial score (nSPS) is 10.0. The molecule has 0 unspecified atom stereocenters. The summed E-state index contributed by atoms with van der Waals surface area (Å²) in [5.74, 6) is -0.179. The predicted molar refractivity (Wildman–Crippen MR) is 64.7 cm³/mol. The minimum Gasteiger partial charge on any atom is -0.288 e. The standard InChI is InChI=1S/C11H10N4O3/c16-10-9(6-8-4-2-1-3-5-8)7-12-11(13-10)14-15(17)18/h1-5,7H,6H2,(H2,12,13,14,16). The predicted octanol–water partition coefficient (Wildman–Crippen LogP) is 0.964. The maximum atomic E-state index is 11.7. The highest BCUT2D eigenvalue weighted by Gasteiger charge is 2.06. The number of H-pyrrole nitrogens is 1. The van der Waals surface area contributed by atoms with E-state index in [-0.39, 0.29) is 5.95 Å². The van der Waals surface area contributed by atoms with E-state index < -0.39 is 10.6 Å². The van der Waals surface area contributed by atoms with Gasteiger partial charge in [-0.25, -0.2) is 15.1 Å². The molecule has 0 radical (unpaired) electrons. The zero-order valence-electron chi connectivity index (χ0n) is 9.29. The number of hydrazine groups is 1. The minimum absolute atomic E-state index is 0.179. The molecule has 2 aromatic rings. The van der Waals surface area contributed by atoms with Crippen molar-refractivity contribution in [1.82, 2.24) is 9.97 Å². The van der Waals surface area contributed by atoms with E-state index in [1.807, 2.05) is 30.3 Å². The van der Waals surface area contributed by atoms with Crippen LogP contribution in [0.15, 0.2) is 41.3 Å². The molecule has 0 saturated carbocycles. The molecular weight excluding hydrogens is 236 g/mol. The van der Waals surface area contributed by atoms with Crippen molar-refractivity contribution in [1.29, 1.82) is 0 Å². The van der Waals surface area contributed by atoms with Crippen molar-refractivity contribution in [2.75, 3.05) is 5.43 Å². The lowest BCUT2D eigenvalue weighted by Gasteiger charge is -2.01. The molecule has 0 fully saturated rings. The van der Waals surface area contributed by atoms with Gasteiger partial charge in [-0.15, -0.1) is 0 Å². The summed E-state index contributed by atoms with van der Waals surface area (Å²) in [5, 5.41) is 9.41. The van der Waals surface area contributed by atoms with Crippen LogP contribution in [0.25, 0.3) is 0 Å². The van der Waals surface area contributed by atoms with Crippen LogP contribution in [-0.2, 0) is 6.42 Å². The second-order valence-electron chi connectivity index (χ2n) is 3.62. The maximum Gasteiger partial charge on any atom is 0.265 e. The number of nitrogens with zero attached hydrogens (tertiary/aromatic N) is 2. The van der Waals surface area contributed by atoms with E-state index in [1.54, 1.807) is 5.43 Å². The van der Waals surface area contributed by atoms with Crippen molar-refractivity contribution in [2.24, 2.45) is 0 Å². The smallest absolute Gasteiger partial charge is 0.265 e. The zero-order valence-corrected chi connectivity index (χ0v) is 9.29. The lowest BCUT2D eigenvalue weighted by atomic mass is 10.1. The average Bonchev–Trinajstić information content (AvgIpc) is 2.33. The van der Waals surface area contributed by atoms with E-state index in [1.165, 1.54) is 6.20 Å². The fourth-order valence-corrected chi connectivity index (χ4v) is 1.51. The quantitative estimate of drug-likeness (QED) is 0.618. The largest absolute Gasteiger partial charge is 0.288 e. The Labute approximate surface area is 102 Å². The van der Waals surface area contributed by atoms with E-state index in [2.05, 4.69) is 9.97 Å². The third-order valence-corrected chi connectivity index (χ3v) is 2.31. The van der Waals surface area contributed by atoms with Gasteiger partial charge in [-0.2, -0.15) is 0 Å². The van der Waals surface area contributed by atoms with Gasteiger partial charge >= 0.3 is 0 Å². The first-order valence-corrected chi connectivity index (χ1v) is 5.18. The first-order valence-electron chi connectivity index (χ1n) is 5.18. The lowest BCUT2D eigenvalue weighted by Crippen LogP contribution is -2.19. The highest BCUT2D eigenvalue weighted by Crippen LogP contribution is 2.05. The fraction of sp³-hybridized carbons (Fsp3) is 0.0909. The summed E-state index contributed by atoms with van der Waals surface area (Å²) in [6.07, 6.45) is 1.76. The Morgan fingerprint density at radius 2 is 2.06 bits per heavy atom. The van der Waals surface area contributed by atoms with Gasteiger partial charge in [0.15, 0.2) is 5.03 Å². The van der Waals surface area contributed by atoms with Gasteiger partial charge in [0.1, 0.15) is 0 Å². The molecule has 0 saturated heterocycles. The highest BCUT2D eigenvalue weighted by atomic mass is 16.7. The minimum atomic E-state index is -0.783. The van der Waals surface area contributed by atoms with Gasteiger partial charge in [0.05, 0.1) is 0 Å². The maximum absolute atomic E-state index is 11.7. The molecule has 7 nitrogen and oxygen atoms in total. The van der Waals surface area contributed by atoms with Crippen molar-refractivity contribution in [3.05, 3.63) is 68.1 Å². The first-order chi connectivity index (χ1) is 8.65. The van der Waals surface area contributed by atoms with Crippen LogP contribution in [0.1, 0.15) is 11.1 Å². The topological polar surface area (TPSA) is 101 Å². The van der Waals surface area contributed by atoms with Crippen LogP contribution in [0, 0.1) is 10.1 Å². The molecule has 0 bridgehead atoms. The number of rotatable bonds is 4. The van der Waals surface area contributed by atoms with Crippen molar-refractivity contribution in [3.63, 3.8) is 0 Å². The molecule has 0 atom stereocenters. The molecule has 0 amide bonds. The monoisotopic (exact) mass is 246 g/mol. The molecule has 2 rings (SSSR count). The summed E-state index contributed by atoms with van der Waals surface area (Å²) in [6, 6.07) is 9.42. The lowest BCUT2D eigenvalue weighted by molar-refractivity contribution is -0.446. The van der Waals surface area contributed by atoms with E-state index in [9.17, 15) is 14.9 Å². The van der Waals surface area contributed by atoms with E-state index in [0.29, 0.717) is 12.0 Å². The van der Waals surface area contributed by atoms with E-state index in [4.69, 9.17) is 0 Å². The van der Waals surface area contributed by atoms with Gasteiger partial charge in [-0.1, -0.05) is 35.8 Å². The third kappa shape index (κ3) is 2.91. The Morgan fingerprint density at radius 1 is 1.33 bits per heavy atom. The summed E-state index contributed by atoms with van der Waals surface area (Å²) >= 11 is 0. The van der Waals surface area contributed by atoms with Crippen LogP contribution in [0.4, 0.5) is 5.95 Å². The number of nitrogens with one attached hydrogen (secondary N) is 2. The molecule has 0 aliphatic heterocycles. The summed E-state index contributed by atoms with van der Waals surface area (Å²) in [4.78, 5) is 27.9. The van der Waals surface area contributed by atoms with Gasteiger partial charge in [-0.05, 0) is 5.56 Å². The fourth-order valence-electron chi connectivity index (χ4n) is 1.51. The number of aromatic nitrogens is 2. The molecule has 92 valence electrons. The van der Waals surface area contributed by atoms with E-state index >= 15 is 0 Å². The van der Waals surface area contributed by atoms with Crippen molar-refractivity contribution in [3.8, 4) is 0 Å². The molecular formula is C11H10N4O3. The molecule has 1 aromatic heterocycles. The molecule has 1 heterocycles. The van der Waals surface area contributed by atoms with Crippen molar-refractivity contribution in [2.45, 2.75) is 6.42 Å². The number of hydrogen-bond donors (Lipinski definition) is 2. The van der Waals surface area contributed by atoms with Gasteiger partial charge in [-0.3, -0.25) is 9.78 Å². The molecule has 7 heteroatoms. The Balaban J connectivity index is 2.20. The highest BCUT2D eigenvalue weighted by molar-refractivity contribution is 5.26. The second-order valence-corrected chi connectivity index (χ2v) is 3.62. The number of nitro groups is 1. The summed E-state index contributed by atoms with van der Waals surface area (Å²) in [6.45, 7) is 0. The molecule has 0 spiro atoms. The summed E-state index contributed by atoms with van der Waals surface area (Å²) in [5.41, 5.74) is 2.83. The van der Waals surface area contributed by atoms with Gasteiger partial charge < -0.3 is 0 Å². The Hall–Kier alpha value is -2.70. The average molecular weight is 246 g/mol. The van der Waals surface area contributed by atoms with Crippen LogP contribution in [-0.4, -0.2) is 15.0 Å². The van der Waals surface area contributed by atoms with Crippen LogP contribution in [0.5, 0.6) is 0 Å². The van der Waals surface area contributed by atoms with Crippen molar-refractivity contribution < 1.29 is 5.03 Å². The van der Waals surface area contributed by atoms with Crippen molar-refractivity contribution >= 4 is 5.95 Å². The van der Waals surface area contributed by atoms with Crippen LogP contribution >= 0.6 is 0 Å². The van der Waals surface area contributed by atoms with Crippen LogP contribution < -0.4 is 11.0 Å². The molecule has 1 aromatic carbocycles. The third-order valence-electron chi connectivity index (χ3n) is 2.31. The Bertz CT molecular complexity index is 609. The number of hydrogen-bond acceptors (Lipinski definition) is 4. The Kier molecular flexibility index (Phi) is 3.33. The summed E-state index contributed by atoms with van der Waals surface area (Å²) < 4.78 is 0. The van der Waals surface area contributed by atoms with Gasteiger partial charge in [0.25, 0.3) is 11.5 Å². The zero-order chi connectivity index (χ0) is 13.0. The number of anilines is 1. The van der Waals surface area contributed by atoms with Crippen LogP contribution in [0.2, 0.25) is 0 Å².